The van der Waals surface area contributed by atoms with Gasteiger partial charge >= 0.3 is 11.9 Å². The van der Waals surface area contributed by atoms with E-state index in [9.17, 15) is 24.9 Å². The van der Waals surface area contributed by atoms with Crippen molar-refractivity contribution in [3.05, 3.63) is 27.7 Å². The number of aromatic carboxylic acids is 1. The highest BCUT2D eigenvalue weighted by Gasteiger charge is 2.56. The quantitative estimate of drug-likeness (QED) is 0.203. The lowest BCUT2D eigenvalue weighted by Crippen LogP contribution is -2.48. The van der Waals surface area contributed by atoms with E-state index in [2.05, 4.69) is 25.9 Å². The lowest BCUT2D eigenvalue weighted by molar-refractivity contribution is -0.157. The fourth-order valence-corrected chi connectivity index (χ4v) is 4.22. The van der Waals surface area contributed by atoms with Gasteiger partial charge in [-0.1, -0.05) is 5.92 Å². The number of aliphatic hydroxyl groups is 2. The van der Waals surface area contributed by atoms with E-state index in [1.54, 1.807) is 0 Å². The maximum Gasteiger partial charge on any atom is 0.365 e. The molecular formula is C18H15ClN6O8S. The molecule has 0 aliphatic carbocycles. The number of aromatic nitrogens is 5. The molecule has 1 saturated heterocycles. The third-order valence-electron chi connectivity index (χ3n) is 5.05. The van der Waals surface area contributed by atoms with E-state index in [-0.39, 0.29) is 33.0 Å². The molecule has 14 nitrogen and oxygen atoms in total. The molecular weight excluding hydrogens is 496 g/mol. The van der Waals surface area contributed by atoms with Gasteiger partial charge in [-0.05, 0) is 11.6 Å². The molecule has 3 aromatic heterocycles. The number of terminal acetylenes is 1. The molecule has 0 aromatic carbocycles. The Bertz CT molecular complexity index is 1320. The summed E-state index contributed by atoms with van der Waals surface area (Å²) in [6.45, 7) is -0.602. The van der Waals surface area contributed by atoms with Crippen molar-refractivity contribution >= 4 is 51.9 Å². The SMILES string of the molecule is C#C[C@@]1(O)[C@@H](COC(C(=O)O)c2csc(C(=O)O)n2)O[C@@H](n2cnc3c(N)nc(Cl)nc32)[C@@H]1O. The van der Waals surface area contributed by atoms with Crippen LogP contribution in [0.3, 0.4) is 0 Å². The van der Waals surface area contributed by atoms with Crippen molar-refractivity contribution in [2.24, 2.45) is 0 Å². The number of imidazole rings is 1. The number of carboxylic acid groups (broad SMARTS) is 2. The molecule has 4 heterocycles. The minimum absolute atomic E-state index is 0.0263. The highest BCUT2D eigenvalue weighted by molar-refractivity contribution is 7.11. The van der Waals surface area contributed by atoms with Crippen LogP contribution in [-0.2, 0) is 14.3 Å². The first kappa shape index (κ1) is 23.8. The number of nitrogen functional groups attached to an aromatic ring is 1. The molecule has 4 rings (SSSR count). The molecule has 1 unspecified atom stereocenters. The second-order valence-electron chi connectivity index (χ2n) is 7.07. The minimum atomic E-state index is -2.30. The number of thiazole rings is 1. The number of nitrogens with zero attached hydrogens (tertiary/aromatic N) is 5. The number of ether oxygens (including phenoxy) is 2. The van der Waals surface area contributed by atoms with Crippen LogP contribution < -0.4 is 5.73 Å². The molecule has 0 radical (unpaired) electrons. The van der Waals surface area contributed by atoms with Crippen molar-refractivity contribution in [2.45, 2.75) is 30.1 Å². The average Bonchev–Trinajstić information content (AvgIpc) is 3.47. The van der Waals surface area contributed by atoms with Crippen molar-refractivity contribution in [2.75, 3.05) is 12.3 Å². The van der Waals surface area contributed by atoms with E-state index in [0.29, 0.717) is 0 Å². The van der Waals surface area contributed by atoms with Crippen LogP contribution >= 0.6 is 22.9 Å². The molecule has 178 valence electrons. The van der Waals surface area contributed by atoms with E-state index in [1.807, 2.05) is 0 Å². The number of anilines is 1. The van der Waals surface area contributed by atoms with Crippen LogP contribution in [0.25, 0.3) is 11.2 Å². The van der Waals surface area contributed by atoms with E-state index in [1.165, 1.54) is 16.3 Å². The van der Waals surface area contributed by atoms with Crippen LogP contribution in [0.15, 0.2) is 11.7 Å². The summed E-state index contributed by atoms with van der Waals surface area (Å²) < 4.78 is 12.3. The molecule has 0 spiro atoms. The van der Waals surface area contributed by atoms with Gasteiger partial charge in [0, 0.05) is 5.38 Å². The third-order valence-corrected chi connectivity index (χ3v) is 6.07. The Morgan fingerprint density at radius 2 is 2.15 bits per heavy atom. The van der Waals surface area contributed by atoms with Gasteiger partial charge < -0.3 is 35.6 Å². The predicted octanol–water partition coefficient (Wildman–Crippen LogP) is -0.318. The molecule has 0 saturated carbocycles. The number of carboxylic acids is 2. The Balaban J connectivity index is 1.60. The highest BCUT2D eigenvalue weighted by atomic mass is 35.5. The Hall–Kier alpha value is -3.39. The fraction of sp³-hybridized carbons (Fsp3) is 0.333. The molecule has 1 aliphatic heterocycles. The number of nitrogens with two attached hydrogens (primary N) is 1. The van der Waals surface area contributed by atoms with Gasteiger partial charge in [0.1, 0.15) is 17.7 Å². The zero-order valence-electron chi connectivity index (χ0n) is 16.8. The predicted molar refractivity (Wildman–Crippen MR) is 114 cm³/mol. The van der Waals surface area contributed by atoms with Crippen molar-refractivity contribution in [1.29, 1.82) is 0 Å². The van der Waals surface area contributed by atoms with Crippen LogP contribution in [0, 0.1) is 12.3 Å². The molecule has 16 heteroatoms. The third kappa shape index (κ3) is 3.92. The van der Waals surface area contributed by atoms with Crippen LogP contribution in [-0.4, -0.2) is 81.3 Å². The van der Waals surface area contributed by atoms with Gasteiger partial charge in [0.15, 0.2) is 29.4 Å². The van der Waals surface area contributed by atoms with Crippen LogP contribution in [0.1, 0.15) is 27.8 Å². The van der Waals surface area contributed by atoms with E-state index >= 15 is 0 Å². The van der Waals surface area contributed by atoms with Gasteiger partial charge in [-0.2, -0.15) is 9.97 Å². The van der Waals surface area contributed by atoms with Gasteiger partial charge in [0.25, 0.3) is 0 Å². The van der Waals surface area contributed by atoms with Crippen LogP contribution in [0.4, 0.5) is 5.82 Å². The highest BCUT2D eigenvalue weighted by Crippen LogP contribution is 2.39. The van der Waals surface area contributed by atoms with Crippen molar-refractivity contribution < 1.29 is 39.5 Å². The maximum absolute atomic E-state index is 11.7. The Kier molecular flexibility index (Phi) is 6.12. The van der Waals surface area contributed by atoms with Crippen molar-refractivity contribution in [3.63, 3.8) is 0 Å². The van der Waals surface area contributed by atoms with E-state index in [0.717, 1.165) is 11.3 Å². The van der Waals surface area contributed by atoms with Crippen LogP contribution in [0.5, 0.6) is 0 Å². The Labute approximate surface area is 198 Å². The lowest BCUT2D eigenvalue weighted by atomic mass is 9.93. The standard InChI is InChI=1S/C18H15ClN6O8S/c1-2-18(31)7(3-32-9(15(27)28)6-4-34-13(22-6)16(29)30)33-14(10(18)26)25-5-21-8-11(20)23-17(19)24-12(8)25/h1,4-5,7,9-10,14,26,31H,3H2,(H,27,28)(H,29,30)(H2,20,23,24)/t7-,9?,10+,14-,18-/m1/s1. The number of hydrogen-bond acceptors (Lipinski definition) is 12. The summed E-state index contributed by atoms with van der Waals surface area (Å²) in [5.41, 5.74) is 3.56. The molecule has 34 heavy (non-hydrogen) atoms. The monoisotopic (exact) mass is 510 g/mol. The summed E-state index contributed by atoms with van der Waals surface area (Å²) >= 11 is 6.57. The molecule has 0 amide bonds. The fourth-order valence-electron chi connectivity index (χ4n) is 3.39. The summed E-state index contributed by atoms with van der Waals surface area (Å²) in [7, 11) is 0. The molecule has 0 bridgehead atoms. The summed E-state index contributed by atoms with van der Waals surface area (Å²) in [4.78, 5) is 38.3. The summed E-state index contributed by atoms with van der Waals surface area (Å²) in [6.07, 6.45) is 0.533. The van der Waals surface area contributed by atoms with Crippen molar-refractivity contribution in [1.82, 2.24) is 24.5 Å². The summed E-state index contributed by atoms with van der Waals surface area (Å²) in [6, 6.07) is 0. The second-order valence-corrected chi connectivity index (χ2v) is 8.26. The van der Waals surface area contributed by atoms with Gasteiger partial charge in [0.05, 0.1) is 18.6 Å². The molecule has 6 N–H and O–H groups in total. The van der Waals surface area contributed by atoms with Gasteiger partial charge in [0.2, 0.25) is 10.3 Å². The van der Waals surface area contributed by atoms with Gasteiger partial charge in [-0.3, -0.25) is 4.57 Å². The Morgan fingerprint density at radius 1 is 1.41 bits per heavy atom. The van der Waals surface area contributed by atoms with Crippen molar-refractivity contribution in [3.8, 4) is 12.3 Å². The average molecular weight is 511 g/mol. The normalized spacial score (nSPS) is 25.3. The van der Waals surface area contributed by atoms with Gasteiger partial charge in [-0.25, -0.2) is 19.6 Å². The number of aliphatic hydroxyl groups excluding tert-OH is 1. The first-order valence-electron chi connectivity index (χ1n) is 9.29. The molecule has 1 fully saturated rings. The topological polar surface area (TPSA) is 216 Å². The van der Waals surface area contributed by atoms with E-state index in [4.69, 9.17) is 38.3 Å². The first-order chi connectivity index (χ1) is 16.1. The number of halogens is 1. The molecule has 3 aromatic rings. The van der Waals surface area contributed by atoms with Crippen LogP contribution in [0.2, 0.25) is 5.28 Å². The first-order valence-corrected chi connectivity index (χ1v) is 10.5. The Morgan fingerprint density at radius 3 is 2.76 bits per heavy atom. The maximum atomic E-state index is 11.7. The lowest BCUT2D eigenvalue weighted by Gasteiger charge is -2.25. The smallest absolute Gasteiger partial charge is 0.365 e. The second kappa shape index (κ2) is 8.76. The number of rotatable bonds is 7. The number of carbonyl (C=O) groups is 2. The molecule has 5 atom stereocenters. The minimum Gasteiger partial charge on any atom is -0.479 e. The zero-order valence-corrected chi connectivity index (χ0v) is 18.3. The molecule has 1 aliphatic rings. The van der Waals surface area contributed by atoms with E-state index < -0.39 is 48.7 Å². The largest absolute Gasteiger partial charge is 0.479 e. The number of hydrogen-bond donors (Lipinski definition) is 5. The van der Waals surface area contributed by atoms with Gasteiger partial charge in [-0.15, -0.1) is 17.8 Å². The number of fused-ring (bicyclic) bond motifs is 1. The zero-order chi connectivity index (χ0) is 24.8. The summed E-state index contributed by atoms with van der Waals surface area (Å²) in [5, 5.41) is 40.9. The number of aliphatic carboxylic acids is 1. The summed E-state index contributed by atoms with van der Waals surface area (Å²) in [5.74, 6) is -0.765.